The van der Waals surface area contributed by atoms with Crippen molar-refractivity contribution < 1.29 is 9.13 Å². The molecule has 0 aromatic heterocycles. The summed E-state index contributed by atoms with van der Waals surface area (Å²) >= 11 is 4.64. The van der Waals surface area contributed by atoms with Gasteiger partial charge < -0.3 is 15.8 Å². The predicted molar refractivity (Wildman–Crippen MR) is 53.4 cm³/mol. The maximum absolute atomic E-state index is 12.7. The number of rotatable bonds is 2. The predicted octanol–water partition coefficient (Wildman–Crippen LogP) is 1.49. The molecule has 0 aliphatic carbocycles. The van der Waals surface area contributed by atoms with E-state index in [0.29, 0.717) is 11.4 Å². The highest BCUT2D eigenvalue weighted by atomic mass is 32.1. The average molecular weight is 200 g/mol. The molecule has 1 aromatic rings. The fourth-order valence-electron chi connectivity index (χ4n) is 0.901. The molecule has 1 aromatic carbocycles. The lowest BCUT2D eigenvalue weighted by atomic mass is 10.3. The summed E-state index contributed by atoms with van der Waals surface area (Å²) in [5.41, 5.74) is 5.81. The summed E-state index contributed by atoms with van der Waals surface area (Å²) < 4.78 is 17.6. The zero-order valence-corrected chi connectivity index (χ0v) is 7.82. The first-order valence-electron chi connectivity index (χ1n) is 3.53. The lowest BCUT2D eigenvalue weighted by molar-refractivity contribution is 0.413. The lowest BCUT2D eigenvalue weighted by Gasteiger charge is -2.08. The van der Waals surface area contributed by atoms with Gasteiger partial charge in [0.05, 0.1) is 12.8 Å². The number of anilines is 1. The molecular weight excluding hydrogens is 191 g/mol. The number of halogens is 1. The largest absolute Gasteiger partial charge is 0.494 e. The first-order valence-corrected chi connectivity index (χ1v) is 3.94. The Balaban J connectivity index is 2.99. The number of hydrogen-bond donors (Lipinski definition) is 2. The van der Waals surface area contributed by atoms with Crippen molar-refractivity contribution >= 4 is 23.0 Å². The topological polar surface area (TPSA) is 47.3 Å². The molecule has 1 rings (SSSR count). The lowest BCUT2D eigenvalue weighted by Crippen LogP contribution is -2.19. The van der Waals surface area contributed by atoms with Crippen LogP contribution < -0.4 is 15.8 Å². The van der Waals surface area contributed by atoms with Gasteiger partial charge >= 0.3 is 0 Å². The molecule has 13 heavy (non-hydrogen) atoms. The van der Waals surface area contributed by atoms with E-state index in [1.165, 1.54) is 25.3 Å². The second-order valence-electron chi connectivity index (χ2n) is 2.33. The van der Waals surface area contributed by atoms with Crippen LogP contribution in [0.15, 0.2) is 18.2 Å². The highest BCUT2D eigenvalue weighted by molar-refractivity contribution is 7.80. The minimum atomic E-state index is -0.370. The molecule has 0 radical (unpaired) electrons. The van der Waals surface area contributed by atoms with Crippen molar-refractivity contribution in [3.63, 3.8) is 0 Å². The first kappa shape index (κ1) is 9.73. The van der Waals surface area contributed by atoms with E-state index in [1.54, 1.807) is 0 Å². The van der Waals surface area contributed by atoms with E-state index in [2.05, 4.69) is 17.5 Å². The van der Waals surface area contributed by atoms with Crippen LogP contribution in [-0.4, -0.2) is 12.2 Å². The second-order valence-corrected chi connectivity index (χ2v) is 2.77. The Morgan fingerprint density at radius 2 is 2.31 bits per heavy atom. The minimum Gasteiger partial charge on any atom is -0.494 e. The highest BCUT2D eigenvalue weighted by Gasteiger charge is 2.03. The number of thiocarbonyl (C=S) groups is 1. The van der Waals surface area contributed by atoms with E-state index >= 15 is 0 Å². The minimum absolute atomic E-state index is 0.116. The van der Waals surface area contributed by atoms with Crippen molar-refractivity contribution in [3.05, 3.63) is 24.0 Å². The second kappa shape index (κ2) is 4.04. The molecule has 0 atom stereocenters. The Kier molecular flexibility index (Phi) is 3.02. The van der Waals surface area contributed by atoms with Crippen molar-refractivity contribution in [2.75, 3.05) is 12.4 Å². The van der Waals surface area contributed by atoms with Gasteiger partial charge in [-0.2, -0.15) is 0 Å². The molecule has 70 valence electrons. The van der Waals surface area contributed by atoms with Gasteiger partial charge in [0.2, 0.25) is 0 Å². The third-order valence-corrected chi connectivity index (χ3v) is 1.52. The smallest absolute Gasteiger partial charge is 0.168 e. The van der Waals surface area contributed by atoms with Crippen molar-refractivity contribution in [1.82, 2.24) is 0 Å². The number of nitrogens with one attached hydrogen (secondary N) is 1. The molecule has 3 nitrogen and oxygen atoms in total. The molecule has 0 aliphatic rings. The van der Waals surface area contributed by atoms with Crippen molar-refractivity contribution in [3.8, 4) is 5.75 Å². The number of methoxy groups -OCH3 is 1. The average Bonchev–Trinajstić information content (AvgIpc) is 2.07. The third kappa shape index (κ3) is 2.55. The van der Waals surface area contributed by atoms with Crippen LogP contribution in [0, 0.1) is 5.82 Å². The van der Waals surface area contributed by atoms with Crippen LogP contribution in [0.1, 0.15) is 0 Å². The summed E-state index contributed by atoms with van der Waals surface area (Å²) in [6.45, 7) is 0. The first-order chi connectivity index (χ1) is 6.13. The fourth-order valence-corrected chi connectivity index (χ4v) is 1.01. The van der Waals surface area contributed by atoms with E-state index in [4.69, 9.17) is 10.5 Å². The van der Waals surface area contributed by atoms with E-state index in [-0.39, 0.29) is 10.9 Å². The maximum atomic E-state index is 12.7. The normalized spacial score (nSPS) is 9.38. The van der Waals surface area contributed by atoms with Crippen LogP contribution in [0.5, 0.6) is 5.75 Å². The summed E-state index contributed by atoms with van der Waals surface area (Å²) in [4.78, 5) is 0. The fraction of sp³-hybridized carbons (Fsp3) is 0.125. The van der Waals surface area contributed by atoms with Gasteiger partial charge in [-0.15, -0.1) is 0 Å². The van der Waals surface area contributed by atoms with E-state index in [0.717, 1.165) is 0 Å². The molecule has 5 heteroatoms. The number of benzene rings is 1. The molecule has 0 heterocycles. The zero-order chi connectivity index (χ0) is 9.84. The highest BCUT2D eigenvalue weighted by Crippen LogP contribution is 2.24. The summed E-state index contributed by atoms with van der Waals surface area (Å²) in [5.74, 6) is -0.00172. The molecule has 0 fully saturated rings. The van der Waals surface area contributed by atoms with E-state index in [9.17, 15) is 4.39 Å². The standard InChI is InChI=1S/C8H9FN2OS/c1-12-7-4-5(9)2-3-6(7)11-8(10)13/h2-4H,1H3,(H3,10,11,13). The van der Waals surface area contributed by atoms with Crippen molar-refractivity contribution in [2.24, 2.45) is 5.73 Å². The SMILES string of the molecule is COc1cc(F)ccc1NC(N)=S. The molecule has 0 amide bonds. The maximum Gasteiger partial charge on any atom is 0.168 e. The summed E-state index contributed by atoms with van der Waals surface area (Å²) in [7, 11) is 1.44. The van der Waals surface area contributed by atoms with Gasteiger partial charge in [0.1, 0.15) is 11.6 Å². The van der Waals surface area contributed by atoms with Crippen LogP contribution in [0.4, 0.5) is 10.1 Å². The Bertz CT molecular complexity index is 330. The summed E-state index contributed by atoms with van der Waals surface area (Å²) in [5, 5.41) is 2.78. The van der Waals surface area contributed by atoms with E-state index in [1.807, 2.05) is 0 Å². The van der Waals surface area contributed by atoms with Gasteiger partial charge in [0, 0.05) is 6.07 Å². The molecule has 0 spiro atoms. The van der Waals surface area contributed by atoms with Crippen molar-refractivity contribution in [1.29, 1.82) is 0 Å². The zero-order valence-electron chi connectivity index (χ0n) is 7.00. The Morgan fingerprint density at radius 3 is 2.85 bits per heavy atom. The molecular formula is C8H9FN2OS. The van der Waals surface area contributed by atoms with Crippen LogP contribution >= 0.6 is 12.2 Å². The molecule has 0 bridgehead atoms. The van der Waals surface area contributed by atoms with Gasteiger partial charge in [-0.3, -0.25) is 0 Å². The quantitative estimate of drug-likeness (QED) is 0.710. The van der Waals surface area contributed by atoms with E-state index < -0.39 is 0 Å². The number of nitrogens with two attached hydrogens (primary N) is 1. The molecule has 0 saturated carbocycles. The van der Waals surface area contributed by atoms with Gasteiger partial charge in [-0.05, 0) is 24.4 Å². The monoisotopic (exact) mass is 200 g/mol. The molecule has 0 saturated heterocycles. The van der Waals surface area contributed by atoms with Crippen LogP contribution in [0.3, 0.4) is 0 Å². The summed E-state index contributed by atoms with van der Waals surface area (Å²) in [6, 6.07) is 4.05. The van der Waals surface area contributed by atoms with Crippen LogP contribution in [0.25, 0.3) is 0 Å². The Morgan fingerprint density at radius 1 is 1.62 bits per heavy atom. The Labute approximate surface area is 80.7 Å². The van der Waals surface area contributed by atoms with Gasteiger partial charge in [-0.1, -0.05) is 0 Å². The van der Waals surface area contributed by atoms with Crippen LogP contribution in [0.2, 0.25) is 0 Å². The van der Waals surface area contributed by atoms with Gasteiger partial charge in [0.15, 0.2) is 5.11 Å². The van der Waals surface area contributed by atoms with Gasteiger partial charge in [-0.25, -0.2) is 4.39 Å². The van der Waals surface area contributed by atoms with Crippen LogP contribution in [-0.2, 0) is 0 Å². The molecule has 3 N–H and O–H groups in total. The van der Waals surface area contributed by atoms with Gasteiger partial charge in [0.25, 0.3) is 0 Å². The molecule has 0 unspecified atom stereocenters. The Hall–Kier alpha value is -1.36. The summed E-state index contributed by atoms with van der Waals surface area (Å²) in [6.07, 6.45) is 0. The third-order valence-electron chi connectivity index (χ3n) is 1.42. The van der Waals surface area contributed by atoms with Crippen molar-refractivity contribution in [2.45, 2.75) is 0 Å². The number of ether oxygens (including phenoxy) is 1. The molecule has 0 aliphatic heterocycles. The number of hydrogen-bond acceptors (Lipinski definition) is 2.